The minimum absolute atomic E-state index is 0.509. The first kappa shape index (κ1) is 23.7. The van der Waals surface area contributed by atoms with Crippen LogP contribution in [-0.4, -0.2) is 5.78 Å². The van der Waals surface area contributed by atoms with Crippen molar-refractivity contribution in [3.05, 3.63) is 0 Å². The third-order valence-electron chi connectivity index (χ3n) is 5.12. The van der Waals surface area contributed by atoms with Crippen molar-refractivity contribution in [2.45, 2.75) is 142 Å². The summed E-state index contributed by atoms with van der Waals surface area (Å²) in [6, 6.07) is 0. The van der Waals surface area contributed by atoms with E-state index >= 15 is 0 Å². The predicted molar refractivity (Wildman–Crippen MR) is 109 cm³/mol. The van der Waals surface area contributed by atoms with Crippen molar-refractivity contribution >= 4 is 5.78 Å². The number of unbranched alkanes of at least 4 members (excludes halogenated alkanes) is 16. The first-order chi connectivity index (χ1) is 11.8. The molecule has 0 unspecified atom stereocenters. The van der Waals surface area contributed by atoms with Crippen molar-refractivity contribution in [2.75, 3.05) is 0 Å². The standard InChI is InChI=1S/C23H46O/c1-3-5-7-9-10-11-12-13-14-15-16-18-20-22-23(24)21-19-17-8-6-4-2/h3-22H2,1-2H3. The normalized spacial score (nSPS) is 11.1. The molecule has 0 bridgehead atoms. The Morgan fingerprint density at radius 1 is 0.417 bits per heavy atom. The van der Waals surface area contributed by atoms with Crippen LogP contribution in [0.15, 0.2) is 0 Å². The number of carbonyl (C=O) groups is 1. The lowest BCUT2D eigenvalue weighted by molar-refractivity contribution is -0.119. The largest absolute Gasteiger partial charge is 0.300 e. The van der Waals surface area contributed by atoms with Crippen LogP contribution in [0.25, 0.3) is 0 Å². The van der Waals surface area contributed by atoms with E-state index in [1.165, 1.54) is 103 Å². The van der Waals surface area contributed by atoms with E-state index in [0.29, 0.717) is 5.78 Å². The third kappa shape index (κ3) is 19.7. The summed E-state index contributed by atoms with van der Waals surface area (Å²) >= 11 is 0. The van der Waals surface area contributed by atoms with Gasteiger partial charge in [-0.25, -0.2) is 0 Å². The molecule has 144 valence electrons. The third-order valence-corrected chi connectivity index (χ3v) is 5.12. The second-order valence-corrected chi connectivity index (χ2v) is 7.70. The van der Waals surface area contributed by atoms with Gasteiger partial charge in [-0.2, -0.15) is 0 Å². The van der Waals surface area contributed by atoms with Crippen molar-refractivity contribution < 1.29 is 4.79 Å². The Labute approximate surface area is 153 Å². The molecule has 0 saturated heterocycles. The average molecular weight is 339 g/mol. The lowest BCUT2D eigenvalue weighted by atomic mass is 10.0. The monoisotopic (exact) mass is 338 g/mol. The fourth-order valence-corrected chi connectivity index (χ4v) is 3.39. The van der Waals surface area contributed by atoms with E-state index in [0.717, 1.165) is 25.7 Å². The molecule has 0 aliphatic rings. The van der Waals surface area contributed by atoms with Crippen LogP contribution in [0.3, 0.4) is 0 Å². The van der Waals surface area contributed by atoms with Crippen molar-refractivity contribution in [3.63, 3.8) is 0 Å². The quantitative estimate of drug-likeness (QED) is 0.204. The van der Waals surface area contributed by atoms with Gasteiger partial charge in [0.25, 0.3) is 0 Å². The fraction of sp³-hybridized carbons (Fsp3) is 0.957. The van der Waals surface area contributed by atoms with Gasteiger partial charge < -0.3 is 0 Å². The van der Waals surface area contributed by atoms with Gasteiger partial charge in [0.15, 0.2) is 0 Å². The Kier molecular flexibility index (Phi) is 20.4. The number of hydrogen-bond acceptors (Lipinski definition) is 1. The molecule has 0 aliphatic heterocycles. The molecule has 1 nitrogen and oxygen atoms in total. The molecule has 0 saturated carbocycles. The molecule has 0 aliphatic carbocycles. The van der Waals surface area contributed by atoms with Gasteiger partial charge >= 0.3 is 0 Å². The molecule has 0 aromatic rings. The number of ketones is 1. The lowest BCUT2D eigenvalue weighted by Gasteiger charge is -2.03. The van der Waals surface area contributed by atoms with Crippen LogP contribution in [0, 0.1) is 0 Å². The second-order valence-electron chi connectivity index (χ2n) is 7.70. The summed E-state index contributed by atoms with van der Waals surface area (Å²) in [5.74, 6) is 0.509. The van der Waals surface area contributed by atoms with Gasteiger partial charge in [0.1, 0.15) is 5.78 Å². The Hall–Kier alpha value is -0.330. The highest BCUT2D eigenvalue weighted by molar-refractivity contribution is 5.78. The molecule has 0 heterocycles. The van der Waals surface area contributed by atoms with E-state index in [4.69, 9.17) is 0 Å². The van der Waals surface area contributed by atoms with Crippen LogP contribution >= 0.6 is 0 Å². The molecule has 0 spiro atoms. The van der Waals surface area contributed by atoms with Crippen LogP contribution in [-0.2, 0) is 4.79 Å². The molecule has 0 aromatic heterocycles. The van der Waals surface area contributed by atoms with Gasteiger partial charge in [-0.15, -0.1) is 0 Å². The second kappa shape index (κ2) is 20.7. The van der Waals surface area contributed by atoms with Gasteiger partial charge in [0.2, 0.25) is 0 Å². The minimum Gasteiger partial charge on any atom is -0.300 e. The molecule has 0 N–H and O–H groups in total. The molecule has 1 heteroatoms. The van der Waals surface area contributed by atoms with Crippen LogP contribution in [0.2, 0.25) is 0 Å². The van der Waals surface area contributed by atoms with Crippen molar-refractivity contribution in [1.82, 2.24) is 0 Å². The highest BCUT2D eigenvalue weighted by Gasteiger charge is 2.01. The highest BCUT2D eigenvalue weighted by Crippen LogP contribution is 2.14. The number of carbonyl (C=O) groups excluding carboxylic acids is 1. The first-order valence-corrected chi connectivity index (χ1v) is 11.3. The maximum absolute atomic E-state index is 11.8. The SMILES string of the molecule is CCCCCCCCCCCCCCCC(=O)CCCCCCC. The smallest absolute Gasteiger partial charge is 0.132 e. The maximum Gasteiger partial charge on any atom is 0.132 e. The highest BCUT2D eigenvalue weighted by atomic mass is 16.1. The summed E-state index contributed by atoms with van der Waals surface area (Å²) in [5.41, 5.74) is 0. The van der Waals surface area contributed by atoms with E-state index in [9.17, 15) is 4.79 Å². The van der Waals surface area contributed by atoms with Gasteiger partial charge in [0, 0.05) is 12.8 Å². The van der Waals surface area contributed by atoms with E-state index in [1.54, 1.807) is 0 Å². The predicted octanol–water partition coefficient (Wildman–Crippen LogP) is 8.40. The Morgan fingerprint density at radius 3 is 0.958 bits per heavy atom. The van der Waals surface area contributed by atoms with Gasteiger partial charge in [-0.1, -0.05) is 117 Å². The molecule has 24 heavy (non-hydrogen) atoms. The summed E-state index contributed by atoms with van der Waals surface area (Å²) < 4.78 is 0. The number of Topliss-reactive ketones (excluding diaryl/α,β-unsaturated/α-hetero) is 1. The van der Waals surface area contributed by atoms with E-state index in [2.05, 4.69) is 13.8 Å². The number of hydrogen-bond donors (Lipinski definition) is 0. The number of rotatable bonds is 20. The van der Waals surface area contributed by atoms with Gasteiger partial charge in [-0.3, -0.25) is 4.79 Å². The molecule has 0 rings (SSSR count). The summed E-state index contributed by atoms with van der Waals surface area (Å²) in [5, 5.41) is 0. The topological polar surface area (TPSA) is 17.1 Å². The molecular weight excluding hydrogens is 292 g/mol. The molecule has 0 radical (unpaired) electrons. The zero-order valence-electron chi connectivity index (χ0n) is 17.1. The van der Waals surface area contributed by atoms with E-state index in [-0.39, 0.29) is 0 Å². The maximum atomic E-state index is 11.8. The van der Waals surface area contributed by atoms with Crippen LogP contribution in [0.5, 0.6) is 0 Å². The Bertz CT molecular complexity index is 246. The fourth-order valence-electron chi connectivity index (χ4n) is 3.39. The average Bonchev–Trinajstić information content (AvgIpc) is 2.59. The molecule has 0 atom stereocenters. The first-order valence-electron chi connectivity index (χ1n) is 11.3. The van der Waals surface area contributed by atoms with Crippen molar-refractivity contribution in [2.24, 2.45) is 0 Å². The minimum atomic E-state index is 0.509. The van der Waals surface area contributed by atoms with Crippen LogP contribution < -0.4 is 0 Å². The summed E-state index contributed by atoms with van der Waals surface area (Å²) in [7, 11) is 0. The van der Waals surface area contributed by atoms with E-state index < -0.39 is 0 Å². The molecule has 0 aromatic carbocycles. The van der Waals surface area contributed by atoms with E-state index in [1.807, 2.05) is 0 Å². The van der Waals surface area contributed by atoms with Gasteiger partial charge in [0.05, 0.1) is 0 Å². The van der Waals surface area contributed by atoms with Gasteiger partial charge in [-0.05, 0) is 12.8 Å². The van der Waals surface area contributed by atoms with Crippen LogP contribution in [0.1, 0.15) is 142 Å². The zero-order valence-corrected chi connectivity index (χ0v) is 17.1. The molecule has 0 fully saturated rings. The van der Waals surface area contributed by atoms with Crippen molar-refractivity contribution in [1.29, 1.82) is 0 Å². The van der Waals surface area contributed by atoms with Crippen LogP contribution in [0.4, 0.5) is 0 Å². The summed E-state index contributed by atoms with van der Waals surface area (Å²) in [6.07, 6.45) is 25.9. The summed E-state index contributed by atoms with van der Waals surface area (Å²) in [4.78, 5) is 11.8. The Balaban J connectivity index is 3.10. The Morgan fingerprint density at radius 2 is 0.667 bits per heavy atom. The zero-order chi connectivity index (χ0) is 17.7. The molecule has 0 amide bonds. The lowest BCUT2D eigenvalue weighted by Crippen LogP contribution is -1.97. The van der Waals surface area contributed by atoms with Crippen molar-refractivity contribution in [3.8, 4) is 0 Å². The summed E-state index contributed by atoms with van der Waals surface area (Å²) in [6.45, 7) is 4.52. The molecular formula is C23H46O.